The molecule has 0 radical (unpaired) electrons. The molecule has 3 heterocycles. The fourth-order valence-electron chi connectivity index (χ4n) is 5.73. The van der Waals surface area contributed by atoms with Crippen LogP contribution in [-0.2, 0) is 23.2 Å². The minimum absolute atomic E-state index is 0.110. The maximum atomic E-state index is 13.5. The van der Waals surface area contributed by atoms with Crippen molar-refractivity contribution in [1.82, 2.24) is 19.9 Å². The van der Waals surface area contributed by atoms with Crippen LogP contribution in [0.2, 0.25) is 5.02 Å². The summed E-state index contributed by atoms with van der Waals surface area (Å²) in [6.45, 7) is 4.82. The van der Waals surface area contributed by atoms with Gasteiger partial charge in [-0.25, -0.2) is 4.98 Å². The number of halogens is 1. The molecule has 1 saturated carbocycles. The van der Waals surface area contributed by atoms with Gasteiger partial charge in [0, 0.05) is 24.0 Å². The minimum atomic E-state index is -1.35. The first-order valence-electron chi connectivity index (χ1n) is 14.2. The van der Waals surface area contributed by atoms with Gasteiger partial charge in [0.25, 0.3) is 11.5 Å². The molecule has 2 N–H and O–H groups in total. The summed E-state index contributed by atoms with van der Waals surface area (Å²) in [5, 5.41) is 11.7. The number of aromatic nitrogens is 3. The number of hydrogen-bond acceptors (Lipinski definition) is 5. The molecule has 210 valence electrons. The Bertz CT molecular complexity index is 1680. The van der Waals surface area contributed by atoms with Crippen molar-refractivity contribution in [2.75, 3.05) is 6.54 Å². The molecule has 1 unspecified atom stereocenters. The summed E-state index contributed by atoms with van der Waals surface area (Å²) in [7, 11) is 0. The van der Waals surface area contributed by atoms with Gasteiger partial charge in [-0.15, -0.1) is 0 Å². The predicted molar refractivity (Wildman–Crippen MR) is 159 cm³/mol. The van der Waals surface area contributed by atoms with E-state index in [1.54, 1.807) is 23.1 Å². The van der Waals surface area contributed by atoms with Gasteiger partial charge in [-0.1, -0.05) is 61.8 Å². The van der Waals surface area contributed by atoms with Gasteiger partial charge in [-0.05, 0) is 77.6 Å². The Morgan fingerprint density at radius 3 is 2.54 bits per heavy atom. The van der Waals surface area contributed by atoms with E-state index in [2.05, 4.69) is 29.9 Å². The Labute approximate surface area is 244 Å². The molecule has 0 bridgehead atoms. The predicted octanol–water partition coefficient (Wildman–Crippen LogP) is 5.70. The van der Waals surface area contributed by atoms with Crippen LogP contribution in [0.5, 0.6) is 0 Å². The van der Waals surface area contributed by atoms with Crippen LogP contribution in [0.4, 0.5) is 0 Å². The summed E-state index contributed by atoms with van der Waals surface area (Å²) in [4.78, 5) is 41.0. The lowest BCUT2D eigenvalue weighted by atomic mass is 9.93. The molecule has 4 aromatic rings. The molecule has 0 saturated heterocycles. The Kier molecular flexibility index (Phi) is 7.26. The number of benzene rings is 2. The average Bonchev–Trinajstić information content (AvgIpc) is 3.81. The maximum absolute atomic E-state index is 13.5. The smallest absolute Gasteiger partial charge is 0.256 e. The largest absolute Gasteiger partial charge is 0.378 e. The number of carbonyl (C=O) groups is 1. The number of nitrogens with zero attached hydrogens (tertiary/aromatic N) is 3. The van der Waals surface area contributed by atoms with Crippen LogP contribution in [0, 0.1) is 0 Å². The molecule has 1 aliphatic heterocycles. The number of carbonyl (C=O) groups excluding carboxylic acids is 1. The van der Waals surface area contributed by atoms with Crippen LogP contribution in [0.25, 0.3) is 11.1 Å². The Balaban J connectivity index is 1.25. The third kappa shape index (κ3) is 5.32. The van der Waals surface area contributed by atoms with Gasteiger partial charge in [0.1, 0.15) is 5.82 Å². The van der Waals surface area contributed by atoms with Gasteiger partial charge >= 0.3 is 0 Å². The summed E-state index contributed by atoms with van der Waals surface area (Å²) >= 11 is 6.16. The van der Waals surface area contributed by atoms with Gasteiger partial charge in [0.2, 0.25) is 0 Å². The number of H-pyrrole nitrogens is 1. The van der Waals surface area contributed by atoms with Gasteiger partial charge in [0.15, 0.2) is 6.10 Å². The van der Waals surface area contributed by atoms with E-state index in [-0.39, 0.29) is 17.5 Å². The molecule has 8 heteroatoms. The molecule has 6 rings (SSSR count). The quantitative estimate of drug-likeness (QED) is 0.311. The van der Waals surface area contributed by atoms with Crippen LogP contribution in [0.15, 0.2) is 71.8 Å². The number of hydrogen-bond donors (Lipinski definition) is 2. The zero-order valence-corrected chi connectivity index (χ0v) is 24.0. The number of fused-ring (bicyclic) bond motifs is 1. The summed E-state index contributed by atoms with van der Waals surface area (Å²) in [5.74, 6) is 0.608. The monoisotopic (exact) mass is 568 g/mol. The number of aliphatic hydroxyl groups excluding tert-OH is 1. The lowest BCUT2D eigenvalue weighted by Gasteiger charge is -2.24. The van der Waals surface area contributed by atoms with Crippen molar-refractivity contribution < 1.29 is 9.90 Å². The summed E-state index contributed by atoms with van der Waals surface area (Å²) in [6, 6.07) is 16.9. The fourth-order valence-corrected chi connectivity index (χ4v) is 5.92. The Hall–Kier alpha value is -3.81. The standard InChI is InChI=1S/C33H33ClN4O3/c1-20(2)24-15-25(18-35-17-24)33(11-12-33)32-36-28-10-5-13-38(19-27(28)30(40)37-32)31(41)29(39)23-8-3-6-21(14-23)22-7-4-9-26(34)16-22/h3-4,6-9,14-18,20,29,39H,5,10-13,19H2,1-2H3,(H,36,37,40). The van der Waals surface area contributed by atoms with E-state index in [0.717, 1.165) is 40.8 Å². The number of aryl methyl sites for hydroxylation is 1. The van der Waals surface area contributed by atoms with Gasteiger partial charge in [-0.3, -0.25) is 14.6 Å². The molecule has 1 atom stereocenters. The second kappa shape index (κ2) is 10.9. The van der Waals surface area contributed by atoms with E-state index < -0.39 is 12.0 Å². The highest BCUT2D eigenvalue weighted by molar-refractivity contribution is 6.30. The fraction of sp³-hybridized carbons (Fsp3) is 0.333. The van der Waals surface area contributed by atoms with Crippen molar-refractivity contribution in [2.24, 2.45) is 0 Å². The maximum Gasteiger partial charge on any atom is 0.256 e. The summed E-state index contributed by atoms with van der Waals surface area (Å²) < 4.78 is 0. The Morgan fingerprint density at radius 1 is 1.05 bits per heavy atom. The third-order valence-corrected chi connectivity index (χ3v) is 8.61. The van der Waals surface area contributed by atoms with Crippen molar-refractivity contribution in [3.63, 3.8) is 0 Å². The van der Waals surface area contributed by atoms with Gasteiger partial charge in [-0.2, -0.15) is 0 Å². The molecule has 2 aromatic heterocycles. The molecular formula is C33H33ClN4O3. The van der Waals surface area contributed by atoms with Crippen molar-refractivity contribution >= 4 is 17.5 Å². The number of aliphatic hydroxyl groups is 1. The van der Waals surface area contributed by atoms with Gasteiger partial charge < -0.3 is 15.0 Å². The first-order valence-corrected chi connectivity index (χ1v) is 14.5. The second-order valence-corrected chi connectivity index (χ2v) is 11.9. The zero-order chi connectivity index (χ0) is 28.7. The lowest BCUT2D eigenvalue weighted by Crippen LogP contribution is -2.36. The molecule has 1 aliphatic carbocycles. The molecule has 2 aliphatic rings. The van der Waals surface area contributed by atoms with Crippen molar-refractivity contribution in [2.45, 2.75) is 63.5 Å². The van der Waals surface area contributed by atoms with Crippen LogP contribution < -0.4 is 5.56 Å². The van der Waals surface area contributed by atoms with Gasteiger partial charge in [0.05, 0.1) is 23.2 Å². The van der Waals surface area contributed by atoms with Crippen molar-refractivity contribution in [3.05, 3.63) is 116 Å². The first kappa shape index (κ1) is 27.4. The molecular weight excluding hydrogens is 536 g/mol. The first-order chi connectivity index (χ1) is 19.7. The van der Waals surface area contributed by atoms with E-state index in [1.165, 1.54) is 0 Å². The number of nitrogens with one attached hydrogen (secondary N) is 1. The van der Waals surface area contributed by atoms with E-state index >= 15 is 0 Å². The van der Waals surface area contributed by atoms with Crippen LogP contribution in [0.1, 0.15) is 78.9 Å². The van der Waals surface area contributed by atoms with Crippen molar-refractivity contribution in [1.29, 1.82) is 0 Å². The van der Waals surface area contributed by atoms with E-state index in [4.69, 9.17) is 16.6 Å². The lowest BCUT2D eigenvalue weighted by molar-refractivity contribution is -0.141. The molecule has 41 heavy (non-hydrogen) atoms. The van der Waals surface area contributed by atoms with Crippen molar-refractivity contribution in [3.8, 4) is 11.1 Å². The molecule has 2 aromatic carbocycles. The van der Waals surface area contributed by atoms with E-state index in [0.29, 0.717) is 47.3 Å². The normalized spacial score (nSPS) is 16.7. The topological polar surface area (TPSA) is 99.2 Å². The molecule has 1 amide bonds. The average molecular weight is 569 g/mol. The zero-order valence-electron chi connectivity index (χ0n) is 23.2. The highest BCUT2D eigenvalue weighted by atomic mass is 35.5. The summed E-state index contributed by atoms with van der Waals surface area (Å²) in [6.07, 6.45) is 5.49. The summed E-state index contributed by atoms with van der Waals surface area (Å²) in [5.41, 5.74) is 5.18. The number of rotatable bonds is 6. The molecule has 7 nitrogen and oxygen atoms in total. The van der Waals surface area contributed by atoms with Crippen LogP contribution in [-0.4, -0.2) is 37.4 Å². The SMILES string of the molecule is CC(C)c1cncc(C2(c3nc4c(c(=O)[nH]3)CN(C(=O)C(O)c3cccc(-c5cccc(Cl)c5)c3)CCC4)CC2)c1. The molecule has 0 spiro atoms. The van der Waals surface area contributed by atoms with E-state index in [9.17, 15) is 14.7 Å². The Morgan fingerprint density at radius 2 is 1.80 bits per heavy atom. The molecule has 1 fully saturated rings. The second-order valence-electron chi connectivity index (χ2n) is 11.5. The van der Waals surface area contributed by atoms with E-state index in [1.807, 2.05) is 42.7 Å². The number of amides is 1. The number of pyridine rings is 1. The highest BCUT2D eigenvalue weighted by Gasteiger charge is 2.49. The van der Waals surface area contributed by atoms with Crippen LogP contribution in [0.3, 0.4) is 0 Å². The minimum Gasteiger partial charge on any atom is -0.378 e. The third-order valence-electron chi connectivity index (χ3n) is 8.38. The van der Waals surface area contributed by atoms with Crippen LogP contribution >= 0.6 is 11.6 Å². The highest BCUT2D eigenvalue weighted by Crippen LogP contribution is 2.52. The number of aromatic amines is 1.